The summed E-state index contributed by atoms with van der Waals surface area (Å²) in [6.45, 7) is 4.96. The topological polar surface area (TPSA) is 51.4 Å². The standard InChI is InChI=1S/C18H22FN3O2/c19-16-5-3-14(4-6-16)17-20-18(24-21-17)15-2-1-8-22(11-15)10-13-7-9-23-12-13/h3-6,13,15H,1-2,7-12H2. The molecule has 0 bridgehead atoms. The molecular formula is C18H22FN3O2. The Balaban J connectivity index is 1.42. The Hall–Kier alpha value is -1.79. The lowest BCUT2D eigenvalue weighted by molar-refractivity contribution is 0.143. The lowest BCUT2D eigenvalue weighted by Crippen LogP contribution is -2.38. The van der Waals surface area contributed by atoms with Crippen LogP contribution in [0.15, 0.2) is 28.8 Å². The van der Waals surface area contributed by atoms with Crippen molar-refractivity contribution < 1.29 is 13.7 Å². The van der Waals surface area contributed by atoms with Crippen molar-refractivity contribution in [1.82, 2.24) is 15.0 Å². The lowest BCUT2D eigenvalue weighted by Gasteiger charge is -2.32. The van der Waals surface area contributed by atoms with Crippen LogP contribution in [0, 0.1) is 11.7 Å². The molecule has 1 aromatic heterocycles. The average Bonchev–Trinajstić information content (AvgIpc) is 3.28. The van der Waals surface area contributed by atoms with Crippen molar-refractivity contribution >= 4 is 0 Å². The first-order valence-corrected chi connectivity index (χ1v) is 8.67. The number of benzene rings is 1. The first-order chi connectivity index (χ1) is 11.8. The van der Waals surface area contributed by atoms with E-state index in [9.17, 15) is 4.39 Å². The summed E-state index contributed by atoms with van der Waals surface area (Å²) >= 11 is 0. The molecule has 6 heteroatoms. The highest BCUT2D eigenvalue weighted by Crippen LogP contribution is 2.28. The zero-order chi connectivity index (χ0) is 16.4. The smallest absolute Gasteiger partial charge is 0.231 e. The molecular weight excluding hydrogens is 309 g/mol. The van der Waals surface area contributed by atoms with E-state index < -0.39 is 0 Å². The van der Waals surface area contributed by atoms with Crippen molar-refractivity contribution in [3.8, 4) is 11.4 Å². The first kappa shape index (κ1) is 15.7. The number of aromatic nitrogens is 2. The molecule has 2 aromatic rings. The number of nitrogens with zero attached hydrogens (tertiary/aromatic N) is 3. The van der Waals surface area contributed by atoms with Crippen LogP contribution >= 0.6 is 0 Å². The minimum Gasteiger partial charge on any atom is -0.381 e. The molecule has 3 heterocycles. The number of hydrogen-bond acceptors (Lipinski definition) is 5. The number of rotatable bonds is 4. The van der Waals surface area contributed by atoms with Crippen molar-refractivity contribution in [2.45, 2.75) is 25.2 Å². The second-order valence-electron chi connectivity index (χ2n) is 6.79. The summed E-state index contributed by atoms with van der Waals surface area (Å²) in [5.41, 5.74) is 0.780. The van der Waals surface area contributed by atoms with Crippen LogP contribution in [0.25, 0.3) is 11.4 Å². The highest BCUT2D eigenvalue weighted by Gasteiger charge is 2.28. The van der Waals surface area contributed by atoms with Crippen molar-refractivity contribution in [3.63, 3.8) is 0 Å². The van der Waals surface area contributed by atoms with Gasteiger partial charge in [-0.1, -0.05) is 5.16 Å². The predicted octanol–water partition coefficient (Wildman–Crippen LogP) is 3.09. The molecule has 2 fully saturated rings. The van der Waals surface area contributed by atoms with Crippen molar-refractivity contribution in [2.24, 2.45) is 5.92 Å². The fourth-order valence-corrected chi connectivity index (χ4v) is 3.63. The maximum absolute atomic E-state index is 13.0. The molecule has 0 aliphatic carbocycles. The van der Waals surface area contributed by atoms with Crippen LogP contribution in [0.4, 0.5) is 4.39 Å². The Bertz CT molecular complexity index is 667. The van der Waals surface area contributed by atoms with Gasteiger partial charge in [0.2, 0.25) is 11.7 Å². The van der Waals surface area contributed by atoms with Crippen LogP contribution in [0.2, 0.25) is 0 Å². The van der Waals surface area contributed by atoms with Gasteiger partial charge in [0.1, 0.15) is 5.82 Å². The molecule has 2 saturated heterocycles. The molecule has 1 aromatic carbocycles. The number of piperidine rings is 1. The Labute approximate surface area is 140 Å². The molecule has 5 nitrogen and oxygen atoms in total. The summed E-state index contributed by atoms with van der Waals surface area (Å²) in [6.07, 6.45) is 3.38. The van der Waals surface area contributed by atoms with Crippen molar-refractivity contribution in [3.05, 3.63) is 36.0 Å². The summed E-state index contributed by atoms with van der Waals surface area (Å²) in [4.78, 5) is 7.04. The van der Waals surface area contributed by atoms with Crippen LogP contribution in [0.5, 0.6) is 0 Å². The Morgan fingerprint density at radius 2 is 2.08 bits per heavy atom. The molecule has 0 spiro atoms. The van der Waals surface area contributed by atoms with E-state index in [2.05, 4.69) is 15.0 Å². The SMILES string of the molecule is Fc1ccc(-c2noc(C3CCCN(CC4CCOC4)C3)n2)cc1. The molecule has 128 valence electrons. The summed E-state index contributed by atoms with van der Waals surface area (Å²) in [7, 11) is 0. The van der Waals surface area contributed by atoms with Gasteiger partial charge in [0.15, 0.2) is 0 Å². The van der Waals surface area contributed by atoms with Crippen LogP contribution in [-0.4, -0.2) is 47.9 Å². The zero-order valence-electron chi connectivity index (χ0n) is 13.7. The number of hydrogen-bond donors (Lipinski definition) is 0. The highest BCUT2D eigenvalue weighted by molar-refractivity contribution is 5.53. The van der Waals surface area contributed by atoms with E-state index in [-0.39, 0.29) is 11.7 Å². The molecule has 24 heavy (non-hydrogen) atoms. The van der Waals surface area contributed by atoms with Gasteiger partial charge in [0.05, 0.1) is 12.5 Å². The van der Waals surface area contributed by atoms with E-state index in [1.807, 2.05) is 0 Å². The van der Waals surface area contributed by atoms with E-state index >= 15 is 0 Å². The van der Waals surface area contributed by atoms with Gasteiger partial charge in [-0.05, 0) is 56.0 Å². The molecule has 0 N–H and O–H groups in total. The average molecular weight is 331 g/mol. The Morgan fingerprint density at radius 1 is 1.21 bits per heavy atom. The van der Waals surface area contributed by atoms with Crippen LogP contribution in [0.3, 0.4) is 0 Å². The van der Waals surface area contributed by atoms with Gasteiger partial charge >= 0.3 is 0 Å². The van der Waals surface area contributed by atoms with Crippen LogP contribution < -0.4 is 0 Å². The van der Waals surface area contributed by atoms with Crippen LogP contribution in [0.1, 0.15) is 31.1 Å². The van der Waals surface area contributed by atoms with E-state index in [0.717, 1.165) is 57.7 Å². The van der Waals surface area contributed by atoms with Gasteiger partial charge in [0, 0.05) is 25.3 Å². The number of halogens is 1. The lowest BCUT2D eigenvalue weighted by atomic mass is 9.96. The monoisotopic (exact) mass is 331 g/mol. The Morgan fingerprint density at radius 3 is 2.88 bits per heavy atom. The largest absolute Gasteiger partial charge is 0.381 e. The predicted molar refractivity (Wildman–Crippen MR) is 87.0 cm³/mol. The summed E-state index contributed by atoms with van der Waals surface area (Å²) in [5, 5.41) is 4.07. The fourth-order valence-electron chi connectivity index (χ4n) is 3.63. The van der Waals surface area contributed by atoms with E-state index in [0.29, 0.717) is 17.6 Å². The van der Waals surface area contributed by atoms with Gasteiger partial charge < -0.3 is 14.2 Å². The van der Waals surface area contributed by atoms with Crippen molar-refractivity contribution in [2.75, 3.05) is 32.8 Å². The first-order valence-electron chi connectivity index (χ1n) is 8.67. The van der Waals surface area contributed by atoms with E-state index in [1.54, 1.807) is 12.1 Å². The molecule has 0 radical (unpaired) electrons. The van der Waals surface area contributed by atoms with E-state index in [1.165, 1.54) is 12.1 Å². The molecule has 2 unspecified atom stereocenters. The summed E-state index contributed by atoms with van der Waals surface area (Å²) < 4.78 is 24.0. The minimum atomic E-state index is -0.263. The van der Waals surface area contributed by atoms with Gasteiger partial charge in [-0.15, -0.1) is 0 Å². The van der Waals surface area contributed by atoms with Gasteiger partial charge in [-0.3, -0.25) is 0 Å². The number of likely N-dealkylation sites (tertiary alicyclic amines) is 1. The molecule has 0 amide bonds. The summed E-state index contributed by atoms with van der Waals surface area (Å²) in [5.74, 6) is 1.90. The quantitative estimate of drug-likeness (QED) is 0.862. The molecule has 2 atom stereocenters. The molecule has 2 aliphatic rings. The van der Waals surface area contributed by atoms with Gasteiger partial charge in [-0.2, -0.15) is 4.98 Å². The normalized spacial score (nSPS) is 25.2. The highest BCUT2D eigenvalue weighted by atomic mass is 19.1. The molecule has 4 rings (SSSR count). The van der Waals surface area contributed by atoms with Gasteiger partial charge in [-0.25, -0.2) is 4.39 Å². The zero-order valence-corrected chi connectivity index (χ0v) is 13.7. The second-order valence-corrected chi connectivity index (χ2v) is 6.79. The third-order valence-electron chi connectivity index (χ3n) is 4.94. The molecule has 0 saturated carbocycles. The van der Waals surface area contributed by atoms with Crippen molar-refractivity contribution in [1.29, 1.82) is 0 Å². The summed E-state index contributed by atoms with van der Waals surface area (Å²) in [6, 6.07) is 6.18. The van der Waals surface area contributed by atoms with Crippen LogP contribution in [-0.2, 0) is 4.74 Å². The van der Waals surface area contributed by atoms with Gasteiger partial charge in [0.25, 0.3) is 0 Å². The number of ether oxygens (including phenoxy) is 1. The third kappa shape index (κ3) is 3.49. The maximum atomic E-state index is 13.0. The maximum Gasteiger partial charge on any atom is 0.231 e. The fraction of sp³-hybridized carbons (Fsp3) is 0.556. The second kappa shape index (κ2) is 6.99. The third-order valence-corrected chi connectivity index (χ3v) is 4.94. The Kier molecular flexibility index (Phi) is 4.58. The molecule has 2 aliphatic heterocycles. The minimum absolute atomic E-state index is 0.263. The van der Waals surface area contributed by atoms with E-state index in [4.69, 9.17) is 9.26 Å².